The van der Waals surface area contributed by atoms with Crippen molar-refractivity contribution in [1.29, 1.82) is 0 Å². The molecule has 4 fully saturated rings. The Morgan fingerprint density at radius 2 is 1.55 bits per heavy atom. The van der Waals surface area contributed by atoms with Gasteiger partial charge in [-0.2, -0.15) is 0 Å². The first-order valence-corrected chi connectivity index (χ1v) is 8.87. The highest BCUT2D eigenvalue weighted by atomic mass is 14.6. The predicted molar refractivity (Wildman–Crippen MR) is 84.3 cm³/mol. The number of hydrogen-bond donors (Lipinski definition) is 1. The molecule has 2 N–H and O–H groups in total. The molecule has 0 radical (unpaired) electrons. The Morgan fingerprint density at radius 3 is 2.05 bits per heavy atom. The highest BCUT2D eigenvalue weighted by Crippen LogP contribution is 2.62. The van der Waals surface area contributed by atoms with Gasteiger partial charge in [-0.1, -0.05) is 25.5 Å². The first kappa shape index (κ1) is 13.4. The summed E-state index contributed by atoms with van der Waals surface area (Å²) in [5.74, 6) is 3.23. The zero-order valence-electron chi connectivity index (χ0n) is 13.3. The minimum atomic E-state index is 0.308. The van der Waals surface area contributed by atoms with Gasteiger partial charge >= 0.3 is 0 Å². The van der Waals surface area contributed by atoms with Crippen LogP contribution < -0.4 is 5.73 Å². The smallest absolute Gasteiger partial charge is 0.0231 e. The minimum Gasteiger partial charge on any atom is -0.324 e. The molecule has 1 unspecified atom stereocenters. The molecule has 1 nitrogen and oxygen atoms in total. The zero-order valence-corrected chi connectivity index (χ0v) is 13.3. The van der Waals surface area contributed by atoms with Gasteiger partial charge in [0.1, 0.15) is 0 Å². The fraction of sp³-hybridized carbons (Fsp3) is 0.895. The van der Waals surface area contributed by atoms with Crippen LogP contribution in [0.1, 0.15) is 71.6 Å². The molecule has 112 valence electrons. The molecule has 4 bridgehead atoms. The van der Waals surface area contributed by atoms with Crippen molar-refractivity contribution in [1.82, 2.24) is 0 Å². The third kappa shape index (κ3) is 2.36. The Balaban J connectivity index is 1.54. The van der Waals surface area contributed by atoms with E-state index in [0.29, 0.717) is 16.9 Å². The topological polar surface area (TPSA) is 26.0 Å². The van der Waals surface area contributed by atoms with E-state index in [9.17, 15) is 0 Å². The number of allylic oxidation sites excluding steroid dienone is 1. The Labute approximate surface area is 124 Å². The summed E-state index contributed by atoms with van der Waals surface area (Å²) in [6.45, 7) is 4.80. The second-order valence-electron chi connectivity index (χ2n) is 9.63. The number of rotatable bonds is 2. The van der Waals surface area contributed by atoms with E-state index in [1.165, 1.54) is 32.1 Å². The van der Waals surface area contributed by atoms with Crippen LogP contribution in [0.15, 0.2) is 11.6 Å². The molecular formula is C19H31N. The molecular weight excluding hydrogens is 242 g/mol. The van der Waals surface area contributed by atoms with Gasteiger partial charge in [0, 0.05) is 6.04 Å². The lowest BCUT2D eigenvalue weighted by atomic mass is 9.48. The first-order valence-electron chi connectivity index (χ1n) is 8.87. The molecule has 1 atom stereocenters. The second kappa shape index (κ2) is 4.35. The highest BCUT2D eigenvalue weighted by Gasteiger charge is 2.51. The highest BCUT2D eigenvalue weighted by molar-refractivity contribution is 5.18. The summed E-state index contributed by atoms with van der Waals surface area (Å²) in [6.07, 6.45) is 15.6. The summed E-state index contributed by atoms with van der Waals surface area (Å²) in [5.41, 5.74) is 9.11. The summed E-state index contributed by atoms with van der Waals surface area (Å²) >= 11 is 0. The van der Waals surface area contributed by atoms with Crippen LogP contribution in [-0.2, 0) is 0 Å². The summed E-state index contributed by atoms with van der Waals surface area (Å²) in [4.78, 5) is 0. The van der Waals surface area contributed by atoms with Gasteiger partial charge in [-0.05, 0) is 86.4 Å². The summed E-state index contributed by atoms with van der Waals surface area (Å²) < 4.78 is 0. The predicted octanol–water partition coefficient (Wildman–Crippen LogP) is 4.67. The van der Waals surface area contributed by atoms with Crippen LogP contribution in [-0.4, -0.2) is 6.04 Å². The molecule has 4 saturated carbocycles. The molecule has 0 aromatic heterocycles. The molecule has 5 aliphatic rings. The summed E-state index contributed by atoms with van der Waals surface area (Å²) in [5, 5.41) is 0. The molecule has 0 saturated heterocycles. The lowest BCUT2D eigenvalue weighted by molar-refractivity contribution is -0.0531. The summed E-state index contributed by atoms with van der Waals surface area (Å²) in [6, 6.07) is 0.308. The van der Waals surface area contributed by atoms with Gasteiger partial charge in [0.15, 0.2) is 0 Å². The third-order valence-corrected chi connectivity index (χ3v) is 6.71. The van der Waals surface area contributed by atoms with Crippen LogP contribution in [0.4, 0.5) is 0 Å². The zero-order chi connectivity index (χ0) is 14.0. The van der Waals surface area contributed by atoms with E-state index in [1.807, 2.05) is 0 Å². The van der Waals surface area contributed by atoms with Crippen molar-refractivity contribution in [2.24, 2.45) is 34.3 Å². The van der Waals surface area contributed by atoms with Crippen molar-refractivity contribution < 1.29 is 0 Å². The molecule has 1 heteroatoms. The van der Waals surface area contributed by atoms with Gasteiger partial charge in [-0.15, -0.1) is 0 Å². The number of nitrogens with two attached hydrogens (primary N) is 1. The van der Waals surface area contributed by atoms with E-state index in [0.717, 1.165) is 24.2 Å². The van der Waals surface area contributed by atoms with Crippen LogP contribution >= 0.6 is 0 Å². The van der Waals surface area contributed by atoms with Crippen molar-refractivity contribution >= 4 is 0 Å². The maximum Gasteiger partial charge on any atom is 0.0231 e. The molecule has 0 aliphatic heterocycles. The van der Waals surface area contributed by atoms with Crippen molar-refractivity contribution in [2.75, 3.05) is 0 Å². The van der Waals surface area contributed by atoms with E-state index >= 15 is 0 Å². The standard InChI is InChI=1S/C19H31N/c1-18(2)7-16(6-17(20)12-18)11-19-8-13-3-14(9-19)5-15(4-13)10-19/h6,13-15,17H,3-5,7-12,20H2,1-2H3. The first-order chi connectivity index (χ1) is 9.41. The van der Waals surface area contributed by atoms with Crippen molar-refractivity contribution in [2.45, 2.75) is 77.7 Å². The van der Waals surface area contributed by atoms with Crippen LogP contribution in [0.25, 0.3) is 0 Å². The molecule has 20 heavy (non-hydrogen) atoms. The lowest BCUT2D eigenvalue weighted by Gasteiger charge is -2.57. The maximum atomic E-state index is 6.29. The fourth-order valence-electron chi connectivity index (χ4n) is 6.86. The molecule has 0 spiro atoms. The Morgan fingerprint density at radius 1 is 1.00 bits per heavy atom. The average molecular weight is 273 g/mol. The SMILES string of the molecule is CC1(C)CC(CC23CC4CC(CC(C4)C2)C3)=CC(N)C1. The fourth-order valence-corrected chi connectivity index (χ4v) is 6.86. The van der Waals surface area contributed by atoms with Gasteiger partial charge in [-0.3, -0.25) is 0 Å². The second-order valence-corrected chi connectivity index (χ2v) is 9.63. The van der Waals surface area contributed by atoms with Crippen LogP contribution in [0.2, 0.25) is 0 Å². The normalized spacial score (nSPS) is 49.2. The van der Waals surface area contributed by atoms with E-state index in [1.54, 1.807) is 24.8 Å². The lowest BCUT2D eigenvalue weighted by Crippen LogP contribution is -2.46. The average Bonchev–Trinajstić information content (AvgIpc) is 2.21. The van der Waals surface area contributed by atoms with Crippen molar-refractivity contribution in [3.63, 3.8) is 0 Å². The van der Waals surface area contributed by atoms with Crippen LogP contribution in [0.5, 0.6) is 0 Å². The minimum absolute atomic E-state index is 0.308. The van der Waals surface area contributed by atoms with E-state index in [-0.39, 0.29) is 0 Å². The van der Waals surface area contributed by atoms with E-state index in [2.05, 4.69) is 19.9 Å². The third-order valence-electron chi connectivity index (χ3n) is 6.71. The van der Waals surface area contributed by atoms with Gasteiger partial charge in [-0.25, -0.2) is 0 Å². The largest absolute Gasteiger partial charge is 0.324 e. The van der Waals surface area contributed by atoms with Crippen molar-refractivity contribution in [3.8, 4) is 0 Å². The monoisotopic (exact) mass is 273 g/mol. The van der Waals surface area contributed by atoms with Gasteiger partial charge in [0.2, 0.25) is 0 Å². The van der Waals surface area contributed by atoms with Gasteiger partial charge in [0.25, 0.3) is 0 Å². The Bertz CT molecular complexity index is 396. The molecule has 0 amide bonds. The maximum absolute atomic E-state index is 6.29. The quantitative estimate of drug-likeness (QED) is 0.727. The molecule has 0 heterocycles. The number of hydrogen-bond acceptors (Lipinski definition) is 1. The molecule has 5 aliphatic carbocycles. The summed E-state index contributed by atoms with van der Waals surface area (Å²) in [7, 11) is 0. The van der Waals surface area contributed by atoms with Crippen LogP contribution in [0, 0.1) is 28.6 Å². The van der Waals surface area contributed by atoms with Crippen molar-refractivity contribution in [3.05, 3.63) is 11.6 Å². The van der Waals surface area contributed by atoms with Crippen LogP contribution in [0.3, 0.4) is 0 Å². The molecule has 5 rings (SSSR count). The van der Waals surface area contributed by atoms with E-state index in [4.69, 9.17) is 5.73 Å². The Kier molecular flexibility index (Phi) is 2.91. The molecule has 0 aromatic rings. The Hall–Kier alpha value is -0.300. The van der Waals surface area contributed by atoms with Gasteiger partial charge < -0.3 is 5.73 Å². The van der Waals surface area contributed by atoms with E-state index < -0.39 is 0 Å². The van der Waals surface area contributed by atoms with Gasteiger partial charge in [0.05, 0.1) is 0 Å². The molecule has 0 aromatic carbocycles.